The van der Waals surface area contributed by atoms with Gasteiger partial charge in [0.25, 0.3) is 0 Å². The highest BCUT2D eigenvalue weighted by atomic mass is 16.5. The van der Waals surface area contributed by atoms with Crippen molar-refractivity contribution in [2.45, 2.75) is 45.1 Å². The van der Waals surface area contributed by atoms with Crippen LogP contribution < -0.4 is 10.1 Å². The lowest BCUT2D eigenvalue weighted by Crippen LogP contribution is -2.47. The van der Waals surface area contributed by atoms with Crippen molar-refractivity contribution >= 4 is 5.96 Å². The number of fused-ring (bicyclic) bond motifs is 1. The quantitative estimate of drug-likeness (QED) is 0.658. The Kier molecular flexibility index (Phi) is 6.56. The summed E-state index contributed by atoms with van der Waals surface area (Å²) in [6.45, 7) is 9.54. The average molecular weight is 345 g/mol. The second-order valence-corrected chi connectivity index (χ2v) is 6.71. The highest BCUT2D eigenvalue weighted by Gasteiger charge is 2.24. The Bertz CT molecular complexity index is 568. The molecule has 1 unspecified atom stereocenters. The Morgan fingerprint density at radius 2 is 2.04 bits per heavy atom. The third-order valence-electron chi connectivity index (χ3n) is 5.02. The van der Waals surface area contributed by atoms with Gasteiger partial charge >= 0.3 is 0 Å². The molecular formula is C20H31N3O2. The van der Waals surface area contributed by atoms with Crippen LogP contribution in [0.2, 0.25) is 0 Å². The molecule has 5 nitrogen and oxygen atoms in total. The van der Waals surface area contributed by atoms with Gasteiger partial charge in [0, 0.05) is 38.7 Å². The molecule has 2 aliphatic rings. The lowest BCUT2D eigenvalue weighted by atomic mass is 9.93. The van der Waals surface area contributed by atoms with Gasteiger partial charge in [-0.05, 0) is 44.7 Å². The summed E-state index contributed by atoms with van der Waals surface area (Å²) in [6.07, 6.45) is 3.61. The average Bonchev–Trinajstić information content (AvgIpc) is 2.66. The number of nitrogens with one attached hydrogen (secondary N) is 1. The maximum atomic E-state index is 5.77. The van der Waals surface area contributed by atoms with Gasteiger partial charge in [0.2, 0.25) is 0 Å². The molecule has 0 saturated carbocycles. The Hall–Kier alpha value is -1.75. The monoisotopic (exact) mass is 345 g/mol. The number of nitrogens with zero attached hydrogens (tertiary/aromatic N) is 2. The standard InChI is InChI=1S/C20H31N3O2/c1-3-21-20(23-12-9-17(10-13-23)24-4-2)22-15-16-11-14-25-19-8-6-5-7-18(16)19/h5-8,16-17H,3-4,9-15H2,1-2H3,(H,21,22). The third-order valence-corrected chi connectivity index (χ3v) is 5.02. The lowest BCUT2D eigenvalue weighted by molar-refractivity contribution is 0.0263. The van der Waals surface area contributed by atoms with Gasteiger partial charge in [-0.15, -0.1) is 0 Å². The first-order valence-corrected chi connectivity index (χ1v) is 9.68. The fourth-order valence-corrected chi connectivity index (χ4v) is 3.70. The van der Waals surface area contributed by atoms with Crippen molar-refractivity contribution in [3.8, 4) is 5.75 Å². The smallest absolute Gasteiger partial charge is 0.193 e. The maximum Gasteiger partial charge on any atom is 0.193 e. The predicted molar refractivity (Wildman–Crippen MR) is 101 cm³/mol. The molecule has 138 valence electrons. The van der Waals surface area contributed by atoms with Gasteiger partial charge in [-0.25, -0.2) is 0 Å². The Morgan fingerprint density at radius 1 is 1.24 bits per heavy atom. The van der Waals surface area contributed by atoms with Crippen molar-refractivity contribution in [1.82, 2.24) is 10.2 Å². The minimum atomic E-state index is 0.409. The lowest BCUT2D eigenvalue weighted by Gasteiger charge is -2.34. The molecule has 1 atom stereocenters. The van der Waals surface area contributed by atoms with E-state index in [2.05, 4.69) is 42.3 Å². The summed E-state index contributed by atoms with van der Waals surface area (Å²) in [5, 5.41) is 3.47. The van der Waals surface area contributed by atoms with Crippen LogP contribution in [0.15, 0.2) is 29.3 Å². The molecule has 0 amide bonds. The van der Waals surface area contributed by atoms with E-state index in [-0.39, 0.29) is 0 Å². The van der Waals surface area contributed by atoms with Gasteiger partial charge in [-0.2, -0.15) is 0 Å². The Balaban J connectivity index is 1.63. The molecule has 5 heteroatoms. The molecule has 0 aromatic heterocycles. The van der Waals surface area contributed by atoms with Gasteiger partial charge < -0.3 is 19.7 Å². The largest absolute Gasteiger partial charge is 0.493 e. The van der Waals surface area contributed by atoms with E-state index in [0.29, 0.717) is 12.0 Å². The molecule has 0 radical (unpaired) electrons. The van der Waals surface area contributed by atoms with E-state index in [1.165, 1.54) is 5.56 Å². The van der Waals surface area contributed by atoms with E-state index >= 15 is 0 Å². The first kappa shape index (κ1) is 18.1. The van der Waals surface area contributed by atoms with E-state index in [1.54, 1.807) is 0 Å². The van der Waals surface area contributed by atoms with Crippen LogP contribution in [0.25, 0.3) is 0 Å². The predicted octanol–water partition coefficient (Wildman–Crippen LogP) is 3.02. The van der Waals surface area contributed by atoms with Crippen molar-refractivity contribution in [1.29, 1.82) is 0 Å². The van der Waals surface area contributed by atoms with Gasteiger partial charge in [-0.1, -0.05) is 18.2 Å². The highest BCUT2D eigenvalue weighted by molar-refractivity contribution is 5.80. The zero-order chi connectivity index (χ0) is 17.5. The van der Waals surface area contributed by atoms with Crippen molar-refractivity contribution in [3.05, 3.63) is 29.8 Å². The van der Waals surface area contributed by atoms with Crippen LogP contribution in [-0.2, 0) is 4.74 Å². The molecule has 1 N–H and O–H groups in total. The topological polar surface area (TPSA) is 46.1 Å². The summed E-state index contributed by atoms with van der Waals surface area (Å²) in [6, 6.07) is 8.37. The normalized spacial score (nSPS) is 21.6. The number of hydrogen-bond donors (Lipinski definition) is 1. The molecule has 1 saturated heterocycles. The Labute approximate surface area is 151 Å². The molecule has 2 aliphatic heterocycles. The molecule has 3 rings (SSSR count). The van der Waals surface area contributed by atoms with Crippen LogP contribution in [0.1, 0.15) is 44.6 Å². The van der Waals surface area contributed by atoms with Gasteiger partial charge in [0.1, 0.15) is 5.75 Å². The molecule has 1 aromatic carbocycles. The number of piperidine rings is 1. The minimum Gasteiger partial charge on any atom is -0.493 e. The number of hydrogen-bond acceptors (Lipinski definition) is 3. The first-order valence-electron chi connectivity index (χ1n) is 9.68. The second kappa shape index (κ2) is 9.09. The molecule has 0 aliphatic carbocycles. The summed E-state index contributed by atoms with van der Waals surface area (Å²) in [7, 11) is 0. The number of rotatable bonds is 5. The van der Waals surface area contributed by atoms with Crippen LogP contribution in [0.3, 0.4) is 0 Å². The number of aliphatic imine (C=N–C) groups is 1. The summed E-state index contributed by atoms with van der Waals surface area (Å²) in [4.78, 5) is 7.35. The van der Waals surface area contributed by atoms with Gasteiger partial charge in [0.15, 0.2) is 5.96 Å². The van der Waals surface area contributed by atoms with Crippen molar-refractivity contribution in [2.24, 2.45) is 4.99 Å². The van der Waals surface area contributed by atoms with Crippen LogP contribution in [-0.4, -0.2) is 56.4 Å². The van der Waals surface area contributed by atoms with E-state index in [9.17, 15) is 0 Å². The maximum absolute atomic E-state index is 5.77. The molecule has 1 aromatic rings. The fourth-order valence-electron chi connectivity index (χ4n) is 3.70. The van der Waals surface area contributed by atoms with Gasteiger partial charge in [0.05, 0.1) is 12.7 Å². The molecule has 2 heterocycles. The molecule has 0 bridgehead atoms. The number of benzene rings is 1. The SMILES string of the molecule is CCNC(=NCC1CCOc2ccccc21)N1CCC(OCC)CC1. The van der Waals surface area contributed by atoms with Crippen LogP contribution in [0, 0.1) is 0 Å². The number of likely N-dealkylation sites (tertiary alicyclic amines) is 1. The zero-order valence-electron chi connectivity index (χ0n) is 15.5. The van der Waals surface area contributed by atoms with Crippen molar-refractivity contribution < 1.29 is 9.47 Å². The van der Waals surface area contributed by atoms with Crippen LogP contribution in [0.4, 0.5) is 0 Å². The molecule has 1 fully saturated rings. The third kappa shape index (κ3) is 4.66. The zero-order valence-corrected chi connectivity index (χ0v) is 15.5. The molecule has 25 heavy (non-hydrogen) atoms. The Morgan fingerprint density at radius 3 is 2.80 bits per heavy atom. The van der Waals surface area contributed by atoms with Crippen molar-refractivity contribution in [2.75, 3.05) is 39.4 Å². The molecular weight excluding hydrogens is 314 g/mol. The van der Waals surface area contributed by atoms with Gasteiger partial charge in [-0.3, -0.25) is 4.99 Å². The second-order valence-electron chi connectivity index (χ2n) is 6.71. The highest BCUT2D eigenvalue weighted by Crippen LogP contribution is 2.33. The summed E-state index contributed by atoms with van der Waals surface area (Å²) < 4.78 is 11.5. The summed E-state index contributed by atoms with van der Waals surface area (Å²) in [5.41, 5.74) is 1.29. The minimum absolute atomic E-state index is 0.409. The summed E-state index contributed by atoms with van der Waals surface area (Å²) >= 11 is 0. The van der Waals surface area contributed by atoms with Crippen LogP contribution in [0.5, 0.6) is 5.75 Å². The van der Waals surface area contributed by atoms with E-state index < -0.39 is 0 Å². The summed E-state index contributed by atoms with van der Waals surface area (Å²) in [5.74, 6) is 2.51. The molecule has 0 spiro atoms. The van der Waals surface area contributed by atoms with Crippen LogP contribution >= 0.6 is 0 Å². The fraction of sp³-hybridized carbons (Fsp3) is 0.650. The first-order chi connectivity index (χ1) is 12.3. The number of para-hydroxylation sites is 1. The van der Waals surface area contributed by atoms with E-state index in [1.807, 2.05) is 6.07 Å². The van der Waals surface area contributed by atoms with Crippen molar-refractivity contribution in [3.63, 3.8) is 0 Å². The van der Waals surface area contributed by atoms with E-state index in [0.717, 1.165) is 70.4 Å². The van der Waals surface area contributed by atoms with E-state index in [4.69, 9.17) is 14.5 Å². The number of guanidine groups is 1. The number of ether oxygens (including phenoxy) is 2.